The fourth-order valence-corrected chi connectivity index (χ4v) is 2.56. The molecule has 0 aromatic rings. The topological polar surface area (TPSA) is 54.0 Å². The van der Waals surface area contributed by atoms with E-state index < -0.39 is 7.60 Å². The van der Waals surface area contributed by atoms with Crippen LogP contribution in [0, 0.1) is 12.3 Å². The van der Waals surface area contributed by atoms with Crippen LogP contribution < -0.4 is 0 Å². The maximum absolute atomic E-state index is 12.0. The number of hydrogen-bond acceptors (Lipinski definition) is 5. The van der Waals surface area contributed by atoms with Crippen molar-refractivity contribution in [2.45, 2.75) is 13.8 Å². The average Bonchev–Trinajstić information content (AvgIpc) is 2.28. The van der Waals surface area contributed by atoms with Crippen LogP contribution in [0.1, 0.15) is 13.8 Å². The van der Waals surface area contributed by atoms with Crippen molar-refractivity contribution in [3.63, 3.8) is 0 Å². The molecule has 5 nitrogen and oxygen atoms in total. The molecule has 0 amide bonds. The minimum absolute atomic E-state index is 0.254. The van der Waals surface area contributed by atoms with Crippen molar-refractivity contribution in [1.82, 2.24) is 0 Å². The van der Waals surface area contributed by atoms with E-state index in [1.807, 2.05) is 0 Å². The van der Waals surface area contributed by atoms with Crippen LogP contribution in [0.3, 0.4) is 0 Å². The summed E-state index contributed by atoms with van der Waals surface area (Å²) < 4.78 is 32.4. The standard InChI is InChI=1S/C11H21O5P/c1-4-7-13-8-9-14-10-11-17(12,15-5-2)16-6-3/h1H,5-11H2,2-3H3. The summed E-state index contributed by atoms with van der Waals surface area (Å²) in [5.41, 5.74) is 0. The molecule has 0 bridgehead atoms. The van der Waals surface area contributed by atoms with Crippen LogP contribution >= 0.6 is 7.60 Å². The first-order chi connectivity index (χ1) is 8.18. The third-order valence-electron chi connectivity index (χ3n) is 1.72. The molecule has 0 radical (unpaired) electrons. The molecule has 0 unspecified atom stereocenters. The van der Waals surface area contributed by atoms with Crippen LogP contribution in [0.15, 0.2) is 0 Å². The van der Waals surface area contributed by atoms with Gasteiger partial charge in [-0.05, 0) is 13.8 Å². The molecular formula is C11H21O5P. The van der Waals surface area contributed by atoms with E-state index in [-0.39, 0.29) is 12.8 Å². The van der Waals surface area contributed by atoms with Crippen LogP contribution in [-0.2, 0) is 23.1 Å². The maximum atomic E-state index is 12.0. The smallest absolute Gasteiger partial charge is 0.332 e. The third kappa shape index (κ3) is 9.34. The van der Waals surface area contributed by atoms with Gasteiger partial charge in [0.15, 0.2) is 0 Å². The van der Waals surface area contributed by atoms with Crippen LogP contribution in [0.4, 0.5) is 0 Å². The highest BCUT2D eigenvalue weighted by Crippen LogP contribution is 2.47. The first-order valence-electron chi connectivity index (χ1n) is 5.65. The van der Waals surface area contributed by atoms with Crippen LogP contribution in [0.25, 0.3) is 0 Å². The van der Waals surface area contributed by atoms with E-state index in [1.54, 1.807) is 13.8 Å². The Morgan fingerprint density at radius 2 is 1.65 bits per heavy atom. The van der Waals surface area contributed by atoms with E-state index in [2.05, 4.69) is 5.92 Å². The highest BCUT2D eigenvalue weighted by Gasteiger charge is 2.22. The summed E-state index contributed by atoms with van der Waals surface area (Å²) in [6.45, 7) is 5.72. The summed E-state index contributed by atoms with van der Waals surface area (Å²) >= 11 is 0. The second-order valence-electron chi connectivity index (χ2n) is 3.04. The Kier molecular flexibility index (Phi) is 10.5. The van der Waals surface area contributed by atoms with Gasteiger partial charge >= 0.3 is 7.60 Å². The maximum Gasteiger partial charge on any atom is 0.332 e. The molecule has 0 aromatic heterocycles. The lowest BCUT2D eigenvalue weighted by Gasteiger charge is -2.16. The first-order valence-corrected chi connectivity index (χ1v) is 7.38. The Balaban J connectivity index is 3.62. The molecule has 0 spiro atoms. The van der Waals surface area contributed by atoms with Gasteiger partial charge in [-0.25, -0.2) is 0 Å². The molecule has 0 fully saturated rings. The van der Waals surface area contributed by atoms with E-state index in [4.69, 9.17) is 24.9 Å². The van der Waals surface area contributed by atoms with Gasteiger partial charge in [-0.3, -0.25) is 4.57 Å². The summed E-state index contributed by atoms with van der Waals surface area (Å²) in [4.78, 5) is 0. The molecule has 100 valence electrons. The van der Waals surface area contributed by atoms with Crippen LogP contribution in [0.5, 0.6) is 0 Å². The summed E-state index contributed by atoms with van der Waals surface area (Å²) in [6, 6.07) is 0. The number of terminal acetylenes is 1. The lowest BCUT2D eigenvalue weighted by Crippen LogP contribution is -2.10. The Hall–Kier alpha value is -0.370. The molecule has 0 heterocycles. The average molecular weight is 264 g/mol. The molecular weight excluding hydrogens is 243 g/mol. The zero-order valence-corrected chi connectivity index (χ0v) is 11.4. The second kappa shape index (κ2) is 10.8. The van der Waals surface area contributed by atoms with E-state index in [1.165, 1.54) is 0 Å². The predicted molar refractivity (Wildman–Crippen MR) is 66.2 cm³/mol. The van der Waals surface area contributed by atoms with Crippen molar-refractivity contribution in [3.05, 3.63) is 0 Å². The molecule has 17 heavy (non-hydrogen) atoms. The molecule has 0 rings (SSSR count). The minimum atomic E-state index is -2.98. The minimum Gasteiger partial charge on any atom is -0.378 e. The zero-order valence-electron chi connectivity index (χ0n) is 10.5. The van der Waals surface area contributed by atoms with Gasteiger partial charge in [0, 0.05) is 0 Å². The van der Waals surface area contributed by atoms with E-state index in [0.29, 0.717) is 33.0 Å². The van der Waals surface area contributed by atoms with Gasteiger partial charge in [0.25, 0.3) is 0 Å². The van der Waals surface area contributed by atoms with E-state index in [0.717, 1.165) is 0 Å². The zero-order chi connectivity index (χ0) is 13.0. The van der Waals surface area contributed by atoms with Crippen LogP contribution in [-0.4, -0.2) is 45.8 Å². The van der Waals surface area contributed by atoms with Crippen molar-refractivity contribution < 1.29 is 23.1 Å². The van der Waals surface area contributed by atoms with Gasteiger partial charge in [0.05, 0.1) is 39.2 Å². The van der Waals surface area contributed by atoms with Crippen molar-refractivity contribution >= 4 is 7.60 Å². The van der Waals surface area contributed by atoms with Crippen molar-refractivity contribution in [1.29, 1.82) is 0 Å². The third-order valence-corrected chi connectivity index (χ3v) is 3.75. The SMILES string of the molecule is C#CCOCCOCCP(=O)(OCC)OCC. The van der Waals surface area contributed by atoms with Crippen molar-refractivity contribution in [2.75, 3.05) is 45.8 Å². The monoisotopic (exact) mass is 264 g/mol. The van der Waals surface area contributed by atoms with Gasteiger partial charge in [-0.2, -0.15) is 0 Å². The molecule has 0 saturated heterocycles. The van der Waals surface area contributed by atoms with Crippen molar-refractivity contribution in [3.8, 4) is 12.3 Å². The highest BCUT2D eigenvalue weighted by atomic mass is 31.2. The first kappa shape index (κ1) is 16.6. The molecule has 0 saturated carbocycles. The second-order valence-corrected chi connectivity index (χ2v) is 5.22. The Bertz CT molecular complexity index is 251. The van der Waals surface area contributed by atoms with Gasteiger partial charge < -0.3 is 18.5 Å². The summed E-state index contributed by atoms with van der Waals surface area (Å²) in [6.07, 6.45) is 5.26. The Labute approximate surface area is 103 Å². The molecule has 0 aliphatic heterocycles. The summed E-state index contributed by atoms with van der Waals surface area (Å²) in [7, 11) is -2.98. The molecule has 0 N–H and O–H groups in total. The lowest BCUT2D eigenvalue weighted by atomic mass is 10.7. The normalized spacial score (nSPS) is 11.4. The highest BCUT2D eigenvalue weighted by molar-refractivity contribution is 7.53. The van der Waals surface area contributed by atoms with Gasteiger partial charge in [-0.15, -0.1) is 6.42 Å². The van der Waals surface area contributed by atoms with Gasteiger partial charge in [-0.1, -0.05) is 5.92 Å². The fourth-order valence-electron chi connectivity index (χ4n) is 1.09. The molecule has 0 aliphatic carbocycles. The largest absolute Gasteiger partial charge is 0.378 e. The van der Waals surface area contributed by atoms with Gasteiger partial charge in [0.2, 0.25) is 0 Å². The lowest BCUT2D eigenvalue weighted by molar-refractivity contribution is 0.0647. The van der Waals surface area contributed by atoms with Crippen molar-refractivity contribution in [2.24, 2.45) is 0 Å². The predicted octanol–water partition coefficient (Wildman–Crippen LogP) is 1.92. The Morgan fingerprint density at radius 3 is 2.18 bits per heavy atom. The Morgan fingerprint density at radius 1 is 1.06 bits per heavy atom. The quantitative estimate of drug-likeness (QED) is 0.324. The number of ether oxygens (including phenoxy) is 2. The number of rotatable bonds is 11. The van der Waals surface area contributed by atoms with Gasteiger partial charge in [0.1, 0.15) is 6.61 Å². The van der Waals surface area contributed by atoms with E-state index in [9.17, 15) is 4.57 Å². The molecule has 0 aliphatic rings. The number of hydrogen-bond donors (Lipinski definition) is 0. The summed E-state index contributed by atoms with van der Waals surface area (Å²) in [5, 5.41) is 0. The molecule has 6 heteroatoms. The fraction of sp³-hybridized carbons (Fsp3) is 0.818. The summed E-state index contributed by atoms with van der Waals surface area (Å²) in [5.74, 6) is 2.35. The molecule has 0 aromatic carbocycles. The van der Waals surface area contributed by atoms with Crippen LogP contribution in [0.2, 0.25) is 0 Å². The molecule has 0 atom stereocenters. The van der Waals surface area contributed by atoms with E-state index >= 15 is 0 Å².